The van der Waals surface area contributed by atoms with Gasteiger partial charge in [-0.05, 0) is 24.2 Å². The van der Waals surface area contributed by atoms with Crippen molar-refractivity contribution in [1.29, 1.82) is 0 Å². The lowest BCUT2D eigenvalue weighted by Crippen LogP contribution is -2.48. The molecule has 0 aliphatic carbocycles. The number of nitrogens with zero attached hydrogens (tertiary/aromatic N) is 4. The molecular formula is C18H21F3N4O4S. The molecule has 1 unspecified atom stereocenters. The zero-order chi connectivity index (χ0) is 21.9. The van der Waals surface area contributed by atoms with Crippen molar-refractivity contribution < 1.29 is 27.6 Å². The van der Waals surface area contributed by atoms with E-state index >= 15 is 0 Å². The minimum absolute atomic E-state index is 0.0395. The van der Waals surface area contributed by atoms with Gasteiger partial charge in [-0.25, -0.2) is 4.99 Å². The van der Waals surface area contributed by atoms with Gasteiger partial charge in [0, 0.05) is 58.1 Å². The molecule has 0 N–H and O–H groups in total. The average Bonchev–Trinajstić information content (AvgIpc) is 2.72. The number of methoxy groups -OCH3 is 1. The highest BCUT2D eigenvalue weighted by molar-refractivity contribution is 8.14. The maximum absolute atomic E-state index is 13.2. The highest BCUT2D eigenvalue weighted by atomic mass is 32.2. The van der Waals surface area contributed by atoms with E-state index in [4.69, 9.17) is 4.74 Å². The van der Waals surface area contributed by atoms with Crippen LogP contribution in [-0.4, -0.2) is 72.6 Å². The molecule has 2 aliphatic heterocycles. The fraction of sp³-hybridized carbons (Fsp3) is 0.556. The quantitative estimate of drug-likeness (QED) is 0.287. The predicted molar refractivity (Wildman–Crippen MR) is 105 cm³/mol. The Morgan fingerprint density at radius 3 is 2.60 bits per heavy atom. The van der Waals surface area contributed by atoms with Gasteiger partial charge in [-0.3, -0.25) is 15.0 Å². The first-order chi connectivity index (χ1) is 14.2. The summed E-state index contributed by atoms with van der Waals surface area (Å²) in [5.74, 6) is 0. The molecule has 0 bridgehead atoms. The Balaban J connectivity index is 1.83. The summed E-state index contributed by atoms with van der Waals surface area (Å²) < 4.78 is 44.6. The Labute approximate surface area is 175 Å². The van der Waals surface area contributed by atoms with E-state index in [2.05, 4.69) is 9.89 Å². The molecule has 164 valence electrons. The maximum atomic E-state index is 13.2. The van der Waals surface area contributed by atoms with Crippen molar-refractivity contribution in [2.24, 2.45) is 4.99 Å². The molecule has 1 saturated heterocycles. The van der Waals surface area contributed by atoms with Gasteiger partial charge in [-0.15, -0.1) is 0 Å². The van der Waals surface area contributed by atoms with Crippen molar-refractivity contribution in [2.75, 3.05) is 46.4 Å². The number of ether oxygens (including phenoxy) is 1. The highest BCUT2D eigenvalue weighted by Crippen LogP contribution is 2.45. The van der Waals surface area contributed by atoms with E-state index in [1.54, 1.807) is 7.11 Å². The van der Waals surface area contributed by atoms with Crippen molar-refractivity contribution in [2.45, 2.75) is 23.5 Å². The van der Waals surface area contributed by atoms with Crippen LogP contribution in [0.25, 0.3) is 0 Å². The fourth-order valence-electron chi connectivity index (χ4n) is 3.42. The molecule has 0 amide bonds. The van der Waals surface area contributed by atoms with Crippen molar-refractivity contribution in [3.05, 3.63) is 33.4 Å². The van der Waals surface area contributed by atoms with E-state index < -0.39 is 28.4 Å². The number of hydrogen-bond donors (Lipinski definition) is 0. The number of alkyl halides is 3. The fourth-order valence-corrected chi connectivity index (χ4v) is 4.61. The maximum Gasteiger partial charge on any atom is 0.416 e. The lowest BCUT2D eigenvalue weighted by atomic mass is 10.0. The van der Waals surface area contributed by atoms with Gasteiger partial charge in [-0.1, -0.05) is 0 Å². The lowest BCUT2D eigenvalue weighted by Gasteiger charge is -2.37. The van der Waals surface area contributed by atoms with Crippen molar-refractivity contribution in [1.82, 2.24) is 9.80 Å². The molecule has 0 aromatic heterocycles. The number of carbonyl (C=O) groups excluding carboxylic acids is 1. The van der Waals surface area contributed by atoms with Crippen LogP contribution in [0.5, 0.6) is 0 Å². The molecular weight excluding hydrogens is 425 g/mol. The first-order valence-corrected chi connectivity index (χ1v) is 10.1. The number of piperazine rings is 1. The van der Waals surface area contributed by atoms with E-state index in [0.29, 0.717) is 37.2 Å². The van der Waals surface area contributed by atoms with Crippen LogP contribution >= 0.6 is 11.8 Å². The van der Waals surface area contributed by atoms with Crippen molar-refractivity contribution in [3.63, 3.8) is 0 Å². The number of carbonyl (C=O) groups is 1. The van der Waals surface area contributed by atoms with Crippen LogP contribution in [0.2, 0.25) is 0 Å². The number of thioether (sulfide) groups is 1. The number of nitro benzene ring substituents is 1. The standard InChI is InChI=1S/C18H21F3N4O4S/c1-29-8-2-3-23-4-6-24(7-5-23)17-22-14(11-26)13-9-12(18(19,20)21)10-15(25(27)28)16(13)30-17/h9-11,14H,2-8H2,1H3. The number of halogens is 3. The number of amidine groups is 1. The van der Waals surface area contributed by atoms with Gasteiger partial charge in [-0.2, -0.15) is 13.2 Å². The third-order valence-electron chi connectivity index (χ3n) is 4.98. The summed E-state index contributed by atoms with van der Waals surface area (Å²) in [5, 5.41) is 11.9. The smallest absolute Gasteiger partial charge is 0.385 e. The number of aliphatic imine (C=N–C) groups is 1. The average molecular weight is 446 g/mol. The molecule has 0 spiro atoms. The second-order valence-electron chi connectivity index (χ2n) is 6.94. The number of rotatable bonds is 6. The molecule has 12 heteroatoms. The van der Waals surface area contributed by atoms with Gasteiger partial charge in [0.15, 0.2) is 5.17 Å². The largest absolute Gasteiger partial charge is 0.416 e. The number of hydrogen-bond acceptors (Lipinski definition) is 8. The minimum atomic E-state index is -4.76. The highest BCUT2D eigenvalue weighted by Gasteiger charge is 2.38. The van der Waals surface area contributed by atoms with Gasteiger partial charge in [0.2, 0.25) is 0 Å². The summed E-state index contributed by atoms with van der Waals surface area (Å²) in [5.41, 5.74) is -1.91. The van der Waals surface area contributed by atoms with Gasteiger partial charge >= 0.3 is 6.18 Å². The van der Waals surface area contributed by atoms with Crippen molar-refractivity contribution in [3.8, 4) is 0 Å². The van der Waals surface area contributed by atoms with Gasteiger partial charge in [0.05, 0.1) is 15.4 Å². The summed E-state index contributed by atoms with van der Waals surface area (Å²) in [4.78, 5) is 30.7. The summed E-state index contributed by atoms with van der Waals surface area (Å²) in [6.07, 6.45) is -3.44. The van der Waals surface area contributed by atoms with Crippen LogP contribution in [0, 0.1) is 10.1 Å². The summed E-state index contributed by atoms with van der Waals surface area (Å²) in [7, 11) is 1.65. The van der Waals surface area contributed by atoms with Gasteiger partial charge in [0.25, 0.3) is 5.69 Å². The van der Waals surface area contributed by atoms with E-state index in [1.807, 2.05) is 4.90 Å². The van der Waals surface area contributed by atoms with E-state index in [9.17, 15) is 28.1 Å². The number of fused-ring (bicyclic) bond motifs is 1. The number of nitro groups is 1. The molecule has 2 aliphatic rings. The Morgan fingerprint density at radius 2 is 2.03 bits per heavy atom. The first kappa shape index (κ1) is 22.5. The molecule has 1 fully saturated rings. The van der Waals surface area contributed by atoms with Gasteiger partial charge < -0.3 is 14.4 Å². The Kier molecular flexibility index (Phi) is 6.98. The molecule has 8 nitrogen and oxygen atoms in total. The normalized spacial score (nSPS) is 19.9. The van der Waals surface area contributed by atoms with Crippen LogP contribution in [-0.2, 0) is 15.7 Å². The zero-order valence-electron chi connectivity index (χ0n) is 16.2. The molecule has 30 heavy (non-hydrogen) atoms. The second-order valence-corrected chi connectivity index (χ2v) is 7.92. The van der Waals surface area contributed by atoms with Crippen LogP contribution in [0.4, 0.5) is 18.9 Å². The summed E-state index contributed by atoms with van der Waals surface area (Å²) in [6, 6.07) is 0.0873. The van der Waals surface area contributed by atoms with Crippen LogP contribution in [0.15, 0.2) is 22.0 Å². The summed E-state index contributed by atoms with van der Waals surface area (Å²) >= 11 is 0.949. The molecule has 0 radical (unpaired) electrons. The number of aldehydes is 1. The Bertz CT molecular complexity index is 841. The topological polar surface area (TPSA) is 88.3 Å². The molecule has 1 aromatic rings. The monoisotopic (exact) mass is 446 g/mol. The van der Waals surface area contributed by atoms with E-state index in [0.717, 1.165) is 43.9 Å². The Hall–Kier alpha value is -2.18. The SMILES string of the molecule is COCCCN1CCN(C2=NC(C=O)c3cc(C(F)(F)F)cc([N+](=O)[O-])c3S2)CC1. The minimum Gasteiger partial charge on any atom is -0.385 e. The first-order valence-electron chi connectivity index (χ1n) is 9.31. The van der Waals surface area contributed by atoms with Gasteiger partial charge in [0.1, 0.15) is 12.3 Å². The molecule has 3 rings (SSSR count). The van der Waals surface area contributed by atoms with Crippen LogP contribution < -0.4 is 0 Å². The Morgan fingerprint density at radius 1 is 1.33 bits per heavy atom. The molecule has 1 aromatic carbocycles. The molecule has 1 atom stereocenters. The van der Waals surface area contributed by atoms with E-state index in [1.165, 1.54) is 0 Å². The third kappa shape index (κ3) is 4.93. The second kappa shape index (κ2) is 9.31. The molecule has 0 saturated carbocycles. The lowest BCUT2D eigenvalue weighted by molar-refractivity contribution is -0.388. The van der Waals surface area contributed by atoms with E-state index in [-0.39, 0.29) is 10.5 Å². The van der Waals surface area contributed by atoms with Crippen LogP contribution in [0.3, 0.4) is 0 Å². The third-order valence-corrected chi connectivity index (χ3v) is 6.17. The zero-order valence-corrected chi connectivity index (χ0v) is 17.0. The molecule has 2 heterocycles. The van der Waals surface area contributed by atoms with Crippen LogP contribution in [0.1, 0.15) is 23.6 Å². The summed E-state index contributed by atoms with van der Waals surface area (Å²) in [6.45, 7) is 4.26. The number of benzene rings is 1. The van der Waals surface area contributed by atoms with Crippen molar-refractivity contribution >= 4 is 28.9 Å². The predicted octanol–water partition coefficient (Wildman–Crippen LogP) is 2.97.